The lowest BCUT2D eigenvalue weighted by Gasteiger charge is -2.44. The number of allylic oxidation sites excluding steroid dienone is 5. The minimum absolute atomic E-state index is 0.201. The molecule has 0 spiro atoms. The van der Waals surface area contributed by atoms with Gasteiger partial charge in [-0.15, -0.1) is 0 Å². The molecule has 0 aromatic carbocycles. The molecule has 0 heterocycles. The van der Waals surface area contributed by atoms with E-state index in [1.165, 1.54) is 25.7 Å². The first kappa shape index (κ1) is 27.0. The maximum atomic E-state index is 11.8. The van der Waals surface area contributed by atoms with Gasteiger partial charge in [0.05, 0.1) is 6.10 Å². The van der Waals surface area contributed by atoms with Crippen molar-refractivity contribution in [1.82, 2.24) is 0 Å². The summed E-state index contributed by atoms with van der Waals surface area (Å²) in [6, 6.07) is 0. The van der Waals surface area contributed by atoms with Crippen molar-refractivity contribution < 1.29 is 14.6 Å². The van der Waals surface area contributed by atoms with Gasteiger partial charge >= 0.3 is 5.97 Å². The maximum Gasteiger partial charge on any atom is 0.305 e. The first-order valence-corrected chi connectivity index (χ1v) is 13.7. The summed E-state index contributed by atoms with van der Waals surface area (Å²) in [4.78, 5) is 11.8. The van der Waals surface area contributed by atoms with Gasteiger partial charge in [0.1, 0.15) is 6.10 Å². The molecule has 0 radical (unpaired) electrons. The van der Waals surface area contributed by atoms with Crippen LogP contribution in [0.2, 0.25) is 0 Å². The van der Waals surface area contributed by atoms with Crippen molar-refractivity contribution in [3.8, 4) is 0 Å². The minimum Gasteiger partial charge on any atom is -0.462 e. The van der Waals surface area contributed by atoms with E-state index in [0.717, 1.165) is 23.5 Å². The third-order valence-electron chi connectivity index (χ3n) is 9.28. The molecule has 3 fully saturated rings. The average Bonchev–Trinajstić information content (AvgIpc) is 3.15. The Bertz CT molecular complexity index is 832. The quantitative estimate of drug-likeness (QED) is 0.309. The van der Waals surface area contributed by atoms with Crippen LogP contribution >= 0.6 is 0 Å². The molecule has 0 bridgehead atoms. The standard InChI is InChI=1S/C31H48O3/c1-8-30(33)34-26-18-25(23(6)29(32)19-26)14-13-24-10-9-17-31(7)27(15-16-28(24)31)22(5)12-11-21(4)20(2)3/h11-14,20-22,26-29,32H,6,8-10,15-19H2,1-5,7H3/b12-11+,24-13-,25-14-/t21-,22+,26?,27+,28-,29+,31+/m0/s1. The fourth-order valence-corrected chi connectivity index (χ4v) is 6.66. The van der Waals surface area contributed by atoms with E-state index in [1.807, 2.05) is 0 Å². The number of hydrogen-bond donors (Lipinski definition) is 1. The van der Waals surface area contributed by atoms with Crippen LogP contribution in [0.25, 0.3) is 0 Å². The molecule has 1 unspecified atom stereocenters. The molecule has 3 saturated carbocycles. The lowest BCUT2D eigenvalue weighted by Crippen LogP contribution is -2.35. The van der Waals surface area contributed by atoms with Gasteiger partial charge in [-0.2, -0.15) is 0 Å². The highest BCUT2D eigenvalue weighted by atomic mass is 16.5. The molecule has 0 amide bonds. The topological polar surface area (TPSA) is 46.5 Å². The molecular formula is C31H48O3. The Labute approximate surface area is 208 Å². The third kappa shape index (κ3) is 5.96. The first-order valence-electron chi connectivity index (χ1n) is 13.7. The molecule has 3 heteroatoms. The van der Waals surface area contributed by atoms with Gasteiger partial charge in [0.25, 0.3) is 0 Å². The second kappa shape index (κ2) is 11.4. The molecule has 3 nitrogen and oxygen atoms in total. The number of fused-ring (bicyclic) bond motifs is 1. The van der Waals surface area contributed by atoms with Gasteiger partial charge in [0, 0.05) is 19.3 Å². The van der Waals surface area contributed by atoms with Crippen molar-refractivity contribution >= 4 is 5.97 Å². The Hall–Kier alpha value is -1.61. The predicted octanol–water partition coefficient (Wildman–Crippen LogP) is 7.57. The van der Waals surface area contributed by atoms with Gasteiger partial charge in [0.2, 0.25) is 0 Å². The SMILES string of the molecule is C=C1/C(=C\C=C2\CCC[C@]3(C)[C@@H]([C@H](C)/C=C/[C@H](C)C(C)C)CC[C@@H]23)CC(OC(=O)CC)C[C@H]1O. The zero-order chi connectivity index (χ0) is 25.0. The molecule has 3 aliphatic rings. The van der Waals surface area contributed by atoms with Crippen molar-refractivity contribution in [3.05, 3.63) is 47.6 Å². The summed E-state index contributed by atoms with van der Waals surface area (Å²) in [7, 11) is 0. The van der Waals surface area contributed by atoms with Gasteiger partial charge in [0.15, 0.2) is 0 Å². The molecule has 34 heavy (non-hydrogen) atoms. The number of hydrogen-bond acceptors (Lipinski definition) is 3. The van der Waals surface area contributed by atoms with E-state index in [2.05, 4.69) is 65.5 Å². The molecule has 0 aromatic rings. The van der Waals surface area contributed by atoms with Gasteiger partial charge in [-0.3, -0.25) is 4.79 Å². The van der Waals surface area contributed by atoms with Crippen molar-refractivity contribution in [3.63, 3.8) is 0 Å². The largest absolute Gasteiger partial charge is 0.462 e. The van der Waals surface area contributed by atoms with Gasteiger partial charge in [-0.25, -0.2) is 0 Å². The fourth-order valence-electron chi connectivity index (χ4n) is 6.66. The highest BCUT2D eigenvalue weighted by Gasteiger charge is 2.50. The molecule has 190 valence electrons. The number of carbonyl (C=O) groups excluding carboxylic acids is 1. The van der Waals surface area contributed by atoms with E-state index in [0.29, 0.717) is 48.3 Å². The van der Waals surface area contributed by atoms with Crippen LogP contribution in [-0.4, -0.2) is 23.3 Å². The molecule has 7 atom stereocenters. The number of esters is 1. The fraction of sp³-hybridized carbons (Fsp3) is 0.710. The molecule has 0 aliphatic heterocycles. The van der Waals surface area contributed by atoms with Gasteiger partial charge in [-0.1, -0.05) is 78.0 Å². The van der Waals surface area contributed by atoms with E-state index >= 15 is 0 Å². The summed E-state index contributed by atoms with van der Waals surface area (Å²) < 4.78 is 5.55. The number of aliphatic hydroxyl groups excluding tert-OH is 1. The van der Waals surface area contributed by atoms with Crippen LogP contribution in [0.5, 0.6) is 0 Å². The lowest BCUT2D eigenvalue weighted by molar-refractivity contribution is -0.150. The molecule has 1 N–H and O–H groups in total. The van der Waals surface area contributed by atoms with E-state index < -0.39 is 6.10 Å². The van der Waals surface area contributed by atoms with Crippen LogP contribution in [0, 0.1) is 35.0 Å². The number of ether oxygens (including phenoxy) is 1. The Morgan fingerprint density at radius 3 is 2.62 bits per heavy atom. The van der Waals surface area contributed by atoms with E-state index in [9.17, 15) is 9.90 Å². The van der Waals surface area contributed by atoms with Gasteiger partial charge in [-0.05, 0) is 78.3 Å². The Balaban J connectivity index is 1.76. The summed E-state index contributed by atoms with van der Waals surface area (Å²) in [6.45, 7) is 17.8. The summed E-state index contributed by atoms with van der Waals surface area (Å²) in [5.74, 6) is 3.08. The van der Waals surface area contributed by atoms with E-state index in [1.54, 1.807) is 12.5 Å². The van der Waals surface area contributed by atoms with Crippen molar-refractivity contribution in [2.45, 2.75) is 105 Å². The molecule has 3 rings (SSSR count). The Morgan fingerprint density at radius 1 is 1.21 bits per heavy atom. The van der Waals surface area contributed by atoms with Crippen LogP contribution in [0.1, 0.15) is 92.9 Å². The zero-order valence-electron chi connectivity index (χ0n) is 22.5. The Morgan fingerprint density at radius 2 is 1.94 bits per heavy atom. The number of carbonyl (C=O) groups is 1. The molecular weight excluding hydrogens is 420 g/mol. The Kier molecular flexibility index (Phi) is 9.06. The number of aliphatic hydroxyl groups is 1. The second-order valence-electron chi connectivity index (χ2n) is 11.8. The van der Waals surface area contributed by atoms with Crippen LogP contribution in [0.3, 0.4) is 0 Å². The highest BCUT2D eigenvalue weighted by Crippen LogP contribution is 2.59. The summed E-state index contributed by atoms with van der Waals surface area (Å²) in [5, 5.41) is 10.5. The van der Waals surface area contributed by atoms with Crippen molar-refractivity contribution in [2.24, 2.45) is 35.0 Å². The molecule has 3 aliphatic carbocycles. The van der Waals surface area contributed by atoms with E-state index in [-0.39, 0.29) is 12.1 Å². The van der Waals surface area contributed by atoms with Crippen molar-refractivity contribution in [1.29, 1.82) is 0 Å². The minimum atomic E-state index is -0.638. The second-order valence-corrected chi connectivity index (χ2v) is 11.8. The molecule has 0 saturated heterocycles. The van der Waals surface area contributed by atoms with E-state index in [4.69, 9.17) is 4.74 Å². The van der Waals surface area contributed by atoms with Crippen LogP contribution in [0.4, 0.5) is 0 Å². The van der Waals surface area contributed by atoms with Crippen LogP contribution in [-0.2, 0) is 9.53 Å². The monoisotopic (exact) mass is 468 g/mol. The maximum absolute atomic E-state index is 11.8. The van der Waals surface area contributed by atoms with Crippen molar-refractivity contribution in [2.75, 3.05) is 0 Å². The number of rotatable bonds is 7. The normalized spacial score (nSPS) is 36.3. The summed E-state index contributed by atoms with van der Waals surface area (Å²) in [5.41, 5.74) is 3.73. The van der Waals surface area contributed by atoms with Gasteiger partial charge < -0.3 is 9.84 Å². The first-order chi connectivity index (χ1) is 16.1. The average molecular weight is 469 g/mol. The third-order valence-corrected chi connectivity index (χ3v) is 9.28. The smallest absolute Gasteiger partial charge is 0.305 e. The summed E-state index contributed by atoms with van der Waals surface area (Å²) >= 11 is 0. The lowest BCUT2D eigenvalue weighted by atomic mass is 9.61. The highest BCUT2D eigenvalue weighted by molar-refractivity contribution is 5.69. The molecule has 0 aromatic heterocycles. The van der Waals surface area contributed by atoms with Crippen LogP contribution < -0.4 is 0 Å². The zero-order valence-corrected chi connectivity index (χ0v) is 22.5. The predicted molar refractivity (Wildman–Crippen MR) is 141 cm³/mol. The summed E-state index contributed by atoms with van der Waals surface area (Å²) in [6.07, 6.45) is 16.3. The van der Waals surface area contributed by atoms with Crippen LogP contribution in [0.15, 0.2) is 47.6 Å².